The lowest BCUT2D eigenvalue weighted by Gasteiger charge is -2.42. The summed E-state index contributed by atoms with van der Waals surface area (Å²) >= 11 is 0. The summed E-state index contributed by atoms with van der Waals surface area (Å²) in [6.07, 6.45) is 1.13. The van der Waals surface area contributed by atoms with E-state index in [4.69, 9.17) is 4.55 Å². The Morgan fingerprint density at radius 3 is 2.71 bits per heavy atom. The third-order valence-electron chi connectivity index (χ3n) is 3.71. The van der Waals surface area contributed by atoms with Gasteiger partial charge in [-0.15, -0.1) is 0 Å². The van der Waals surface area contributed by atoms with Gasteiger partial charge in [0.2, 0.25) is 0 Å². The van der Waals surface area contributed by atoms with E-state index in [0.29, 0.717) is 23.8 Å². The van der Waals surface area contributed by atoms with E-state index in [1.54, 1.807) is 0 Å². The van der Waals surface area contributed by atoms with Crippen molar-refractivity contribution in [1.82, 2.24) is 19.4 Å². The number of rotatable bonds is 5. The van der Waals surface area contributed by atoms with Crippen LogP contribution < -0.4 is 5.32 Å². The highest BCUT2D eigenvalue weighted by Crippen LogP contribution is 2.35. The molecule has 0 aromatic rings. The van der Waals surface area contributed by atoms with Gasteiger partial charge in [0.05, 0.1) is 6.04 Å². The summed E-state index contributed by atoms with van der Waals surface area (Å²) in [5, 5.41) is 2.72. The third-order valence-corrected chi connectivity index (χ3v) is 4.65. The van der Waals surface area contributed by atoms with Crippen LogP contribution >= 0.6 is 0 Å². The van der Waals surface area contributed by atoms with Gasteiger partial charge in [0, 0.05) is 13.1 Å². The molecule has 0 spiro atoms. The van der Waals surface area contributed by atoms with E-state index in [0.717, 1.165) is 13.0 Å². The average molecular weight is 320 g/mol. The van der Waals surface area contributed by atoms with E-state index in [9.17, 15) is 18.0 Å². The summed E-state index contributed by atoms with van der Waals surface area (Å²) in [5.41, 5.74) is 0. The van der Waals surface area contributed by atoms with Gasteiger partial charge in [0.25, 0.3) is 5.91 Å². The number of amides is 3. The first kappa shape index (κ1) is 16.0. The highest BCUT2D eigenvalue weighted by atomic mass is 32.2. The number of carbonyl (C=O) groups excluding carboxylic acids is 2. The topological polar surface area (TPSA) is 110 Å². The number of nitrogens with one attached hydrogen (secondary N) is 1. The van der Waals surface area contributed by atoms with Crippen molar-refractivity contribution < 1.29 is 22.6 Å². The van der Waals surface area contributed by atoms with Crippen molar-refractivity contribution in [3.63, 3.8) is 0 Å². The second-order valence-corrected chi connectivity index (χ2v) is 6.78. The van der Waals surface area contributed by atoms with Gasteiger partial charge in [-0.2, -0.15) is 8.42 Å². The van der Waals surface area contributed by atoms with Crippen molar-refractivity contribution in [1.29, 1.82) is 0 Å². The third kappa shape index (κ3) is 3.11. The molecule has 10 heteroatoms. The van der Waals surface area contributed by atoms with Gasteiger partial charge >= 0.3 is 16.3 Å². The number of hydrogen-bond acceptors (Lipinski definition) is 5. The summed E-state index contributed by atoms with van der Waals surface area (Å²) in [6.45, 7) is 1.62. The monoisotopic (exact) mass is 320 g/mol. The molecule has 0 saturated carbocycles. The normalized spacial score (nSPS) is 25.0. The number of likely N-dealkylation sites (tertiary alicyclic amines) is 1. The SMILES string of the molecule is CN(C)CCCNC(=O)N1CC[C@@H]2[C@H]1C(=O)N2S(=O)(=O)O. The first-order valence-corrected chi connectivity index (χ1v) is 8.13. The zero-order valence-corrected chi connectivity index (χ0v) is 12.8. The fraction of sp³-hybridized carbons (Fsp3) is 0.818. The molecule has 2 fully saturated rings. The first-order chi connectivity index (χ1) is 9.73. The molecule has 21 heavy (non-hydrogen) atoms. The van der Waals surface area contributed by atoms with Crippen LogP contribution in [0.15, 0.2) is 0 Å². The van der Waals surface area contributed by atoms with Gasteiger partial charge in [-0.05, 0) is 33.5 Å². The minimum absolute atomic E-state index is 0.298. The molecule has 0 unspecified atom stereocenters. The lowest BCUT2D eigenvalue weighted by atomic mass is 10.0. The highest BCUT2D eigenvalue weighted by molar-refractivity contribution is 7.84. The summed E-state index contributed by atoms with van der Waals surface area (Å²) in [4.78, 5) is 27.1. The number of β-lactam (4-membered cyclic amide) rings is 1. The number of fused-ring (bicyclic) bond motifs is 1. The molecule has 0 aromatic carbocycles. The average Bonchev–Trinajstić information content (AvgIpc) is 2.71. The van der Waals surface area contributed by atoms with Gasteiger partial charge in [-0.1, -0.05) is 0 Å². The van der Waals surface area contributed by atoms with Crippen LogP contribution in [0.1, 0.15) is 12.8 Å². The Morgan fingerprint density at radius 2 is 2.14 bits per heavy atom. The Bertz CT molecular complexity index is 535. The largest absolute Gasteiger partial charge is 0.362 e. The van der Waals surface area contributed by atoms with E-state index in [-0.39, 0.29) is 6.03 Å². The Kier molecular flexibility index (Phi) is 4.40. The fourth-order valence-corrected chi connectivity index (χ4v) is 3.63. The first-order valence-electron chi connectivity index (χ1n) is 6.73. The van der Waals surface area contributed by atoms with Gasteiger partial charge in [0.1, 0.15) is 6.04 Å². The Morgan fingerprint density at radius 1 is 1.48 bits per heavy atom. The maximum atomic E-state index is 12.0. The molecular weight excluding hydrogens is 300 g/mol. The van der Waals surface area contributed by atoms with Gasteiger partial charge < -0.3 is 15.1 Å². The van der Waals surface area contributed by atoms with Crippen LogP contribution in [0.2, 0.25) is 0 Å². The van der Waals surface area contributed by atoms with Crippen LogP contribution in [0, 0.1) is 0 Å². The van der Waals surface area contributed by atoms with Crippen molar-refractivity contribution in [3.05, 3.63) is 0 Å². The molecule has 0 bridgehead atoms. The quantitative estimate of drug-likeness (QED) is 0.371. The Labute approximate surface area is 123 Å². The van der Waals surface area contributed by atoms with Gasteiger partial charge in [-0.25, -0.2) is 9.10 Å². The van der Waals surface area contributed by atoms with Crippen molar-refractivity contribution in [2.75, 3.05) is 33.7 Å². The molecule has 2 atom stereocenters. The minimum atomic E-state index is -4.53. The van der Waals surface area contributed by atoms with Crippen molar-refractivity contribution in [3.8, 4) is 0 Å². The second kappa shape index (κ2) is 5.78. The summed E-state index contributed by atoms with van der Waals surface area (Å²) in [6, 6.07) is -1.79. The Hall–Kier alpha value is -1.39. The van der Waals surface area contributed by atoms with Crippen molar-refractivity contribution >= 4 is 22.2 Å². The molecule has 120 valence electrons. The lowest BCUT2D eigenvalue weighted by Crippen LogP contribution is -2.68. The summed E-state index contributed by atoms with van der Waals surface area (Å²) < 4.78 is 31.5. The number of nitrogens with zero attached hydrogens (tertiary/aromatic N) is 3. The minimum Gasteiger partial charge on any atom is -0.338 e. The van der Waals surface area contributed by atoms with E-state index in [1.165, 1.54) is 4.90 Å². The lowest BCUT2D eigenvalue weighted by molar-refractivity contribution is -0.143. The van der Waals surface area contributed by atoms with Crippen molar-refractivity contribution in [2.45, 2.75) is 24.9 Å². The second-order valence-electron chi connectivity index (χ2n) is 5.49. The summed E-state index contributed by atoms with van der Waals surface area (Å²) in [5.74, 6) is -0.747. The molecule has 2 aliphatic rings. The smallest absolute Gasteiger partial charge is 0.338 e. The molecule has 0 aromatic heterocycles. The molecule has 0 radical (unpaired) electrons. The predicted molar refractivity (Wildman–Crippen MR) is 73.9 cm³/mol. The molecular formula is C11H20N4O5S. The zero-order valence-electron chi connectivity index (χ0n) is 12.0. The van der Waals surface area contributed by atoms with E-state index in [1.807, 2.05) is 19.0 Å². The molecule has 3 amide bonds. The van der Waals surface area contributed by atoms with Crippen molar-refractivity contribution in [2.24, 2.45) is 0 Å². The van der Waals surface area contributed by atoms with Gasteiger partial charge in [-0.3, -0.25) is 9.35 Å². The standard InChI is InChI=1S/C11H20N4O5S/c1-13(2)6-3-5-12-11(17)14-7-4-8-9(14)10(16)15(8)21(18,19)20/h8-9H,3-7H2,1-2H3,(H,12,17)(H,18,19,20)/t8-,9+/m1/s1. The maximum absolute atomic E-state index is 12.0. The van der Waals surface area contributed by atoms with Crippen LogP contribution in [0.4, 0.5) is 4.79 Å². The van der Waals surface area contributed by atoms with E-state index in [2.05, 4.69) is 5.32 Å². The zero-order chi connectivity index (χ0) is 15.8. The molecule has 2 saturated heterocycles. The molecule has 2 N–H and O–H groups in total. The number of urea groups is 1. The predicted octanol–water partition coefficient (Wildman–Crippen LogP) is -1.26. The van der Waals surface area contributed by atoms with Crippen LogP contribution in [0.25, 0.3) is 0 Å². The number of carbonyl (C=O) groups is 2. The molecule has 2 rings (SSSR count). The Balaban J connectivity index is 1.87. The fourth-order valence-electron chi connectivity index (χ4n) is 2.74. The maximum Gasteiger partial charge on any atom is 0.362 e. The highest BCUT2D eigenvalue weighted by Gasteiger charge is 2.59. The number of hydrogen-bond donors (Lipinski definition) is 2. The molecule has 9 nitrogen and oxygen atoms in total. The van der Waals surface area contributed by atoms with Crippen LogP contribution in [0.3, 0.4) is 0 Å². The molecule has 2 aliphatic heterocycles. The van der Waals surface area contributed by atoms with E-state index >= 15 is 0 Å². The van der Waals surface area contributed by atoms with Crippen LogP contribution in [0.5, 0.6) is 0 Å². The molecule has 2 heterocycles. The summed E-state index contributed by atoms with van der Waals surface area (Å²) in [7, 11) is -0.660. The molecule has 0 aliphatic carbocycles. The van der Waals surface area contributed by atoms with Gasteiger partial charge in [0.15, 0.2) is 0 Å². The van der Waals surface area contributed by atoms with E-state index < -0.39 is 28.3 Å². The van der Waals surface area contributed by atoms with Crippen LogP contribution in [-0.2, 0) is 15.1 Å². The van der Waals surface area contributed by atoms with Crippen LogP contribution in [-0.4, -0.2) is 84.8 Å².